The number of cyclic esters (lactones) is 1. The number of halogens is 1. The maximum atomic E-state index is 12.5. The first-order chi connectivity index (χ1) is 10.5. The van der Waals surface area contributed by atoms with E-state index in [9.17, 15) is 9.59 Å². The lowest BCUT2D eigenvalue weighted by Gasteiger charge is -2.33. The van der Waals surface area contributed by atoms with Crippen molar-refractivity contribution in [3.05, 3.63) is 64.7 Å². The molecule has 0 saturated heterocycles. The molecule has 1 N–H and O–H groups in total. The van der Waals surface area contributed by atoms with Crippen LogP contribution in [-0.2, 0) is 16.0 Å². The summed E-state index contributed by atoms with van der Waals surface area (Å²) in [6.07, 6.45) is 0.325. The minimum atomic E-state index is -1.26. The van der Waals surface area contributed by atoms with Gasteiger partial charge in [-0.15, -0.1) is 0 Å². The molecule has 0 radical (unpaired) electrons. The average Bonchev–Trinajstić information content (AvgIpc) is 2.49. The number of carbonyl (C=O) groups excluding carboxylic acids is 2. The molecule has 1 aliphatic rings. The summed E-state index contributed by atoms with van der Waals surface area (Å²) in [5.74, 6) is -0.887. The normalized spacial score (nSPS) is 20.0. The fraction of sp³-hybridized carbons (Fsp3) is 0.176. The minimum Gasteiger partial charge on any atom is -0.445 e. The summed E-state index contributed by atoms with van der Waals surface area (Å²) < 4.78 is 5.38. The zero-order valence-corrected chi connectivity index (χ0v) is 12.7. The zero-order valence-electron chi connectivity index (χ0n) is 11.9. The highest BCUT2D eigenvalue weighted by Crippen LogP contribution is 2.30. The molecule has 4 nitrogen and oxygen atoms in total. The van der Waals surface area contributed by atoms with Gasteiger partial charge in [0.25, 0.3) is 5.91 Å². The largest absolute Gasteiger partial charge is 0.445 e. The summed E-state index contributed by atoms with van der Waals surface area (Å²) >= 11 is 6.04. The monoisotopic (exact) mass is 315 g/mol. The number of ether oxygens (including phenoxy) is 1. The number of amides is 1. The van der Waals surface area contributed by atoms with Gasteiger partial charge in [-0.05, 0) is 30.7 Å². The molecule has 112 valence electrons. The number of carbonyl (C=O) groups is 2. The van der Waals surface area contributed by atoms with Gasteiger partial charge in [0.05, 0.1) is 16.3 Å². The topological polar surface area (TPSA) is 55.4 Å². The van der Waals surface area contributed by atoms with Gasteiger partial charge in [-0.2, -0.15) is 0 Å². The van der Waals surface area contributed by atoms with Gasteiger partial charge in [0, 0.05) is 6.42 Å². The summed E-state index contributed by atoms with van der Waals surface area (Å²) in [5.41, 5.74) is 0.538. The first-order valence-corrected chi connectivity index (χ1v) is 7.25. The number of hydrogen-bond donors (Lipinski definition) is 1. The van der Waals surface area contributed by atoms with Crippen molar-refractivity contribution in [2.45, 2.75) is 18.9 Å². The molecule has 5 heteroatoms. The highest BCUT2D eigenvalue weighted by Gasteiger charge is 2.42. The van der Waals surface area contributed by atoms with Gasteiger partial charge in [-0.25, -0.2) is 4.79 Å². The molecule has 3 rings (SSSR count). The fourth-order valence-electron chi connectivity index (χ4n) is 2.48. The van der Waals surface area contributed by atoms with Crippen LogP contribution in [0.15, 0.2) is 48.5 Å². The number of esters is 1. The van der Waals surface area contributed by atoms with E-state index < -0.39 is 17.5 Å². The molecule has 0 saturated carbocycles. The van der Waals surface area contributed by atoms with Crippen molar-refractivity contribution < 1.29 is 14.3 Å². The van der Waals surface area contributed by atoms with E-state index in [-0.39, 0.29) is 0 Å². The molecule has 0 bridgehead atoms. The lowest BCUT2D eigenvalue weighted by atomic mass is 9.89. The Kier molecular flexibility index (Phi) is 3.62. The van der Waals surface area contributed by atoms with E-state index in [2.05, 4.69) is 5.32 Å². The van der Waals surface area contributed by atoms with Crippen LogP contribution in [-0.4, -0.2) is 17.5 Å². The third-order valence-corrected chi connectivity index (χ3v) is 4.01. The number of nitrogens with one attached hydrogen (secondary N) is 1. The molecule has 0 spiro atoms. The van der Waals surface area contributed by atoms with Crippen LogP contribution in [0.25, 0.3) is 0 Å². The van der Waals surface area contributed by atoms with E-state index in [1.54, 1.807) is 43.3 Å². The highest BCUT2D eigenvalue weighted by molar-refractivity contribution is 6.33. The Bertz CT molecular complexity index is 759. The summed E-state index contributed by atoms with van der Waals surface area (Å²) in [5, 5.41) is 3.16. The Balaban J connectivity index is 1.87. The highest BCUT2D eigenvalue weighted by atomic mass is 35.5. The Labute approximate surface area is 133 Å². The van der Waals surface area contributed by atoms with Crippen LogP contribution < -0.4 is 5.32 Å². The van der Waals surface area contributed by atoms with Gasteiger partial charge in [0.15, 0.2) is 5.60 Å². The number of rotatable bonds is 2. The smallest absolute Gasteiger partial charge is 0.339 e. The van der Waals surface area contributed by atoms with E-state index in [0.717, 1.165) is 5.56 Å². The quantitative estimate of drug-likeness (QED) is 0.864. The fourth-order valence-corrected chi connectivity index (χ4v) is 2.66. The summed E-state index contributed by atoms with van der Waals surface area (Å²) in [4.78, 5) is 24.6. The van der Waals surface area contributed by atoms with E-state index in [1.165, 1.54) is 0 Å². The van der Waals surface area contributed by atoms with Crippen LogP contribution >= 0.6 is 11.6 Å². The number of benzene rings is 2. The Morgan fingerprint density at radius 3 is 2.64 bits per heavy atom. The van der Waals surface area contributed by atoms with Crippen molar-refractivity contribution in [3.8, 4) is 0 Å². The molecule has 1 atom stereocenters. The molecule has 0 unspecified atom stereocenters. The van der Waals surface area contributed by atoms with Crippen molar-refractivity contribution >= 4 is 29.2 Å². The third kappa shape index (κ3) is 2.57. The van der Waals surface area contributed by atoms with Gasteiger partial charge in [0.1, 0.15) is 0 Å². The lowest BCUT2D eigenvalue weighted by Crippen LogP contribution is -2.48. The molecule has 1 heterocycles. The number of anilines is 1. The Morgan fingerprint density at radius 1 is 1.18 bits per heavy atom. The maximum absolute atomic E-state index is 12.5. The second-order valence-corrected chi connectivity index (χ2v) is 5.80. The van der Waals surface area contributed by atoms with Crippen LogP contribution in [0, 0.1) is 0 Å². The Hall–Kier alpha value is -2.33. The average molecular weight is 316 g/mol. The molecule has 0 aromatic heterocycles. The van der Waals surface area contributed by atoms with Crippen molar-refractivity contribution in [2.24, 2.45) is 0 Å². The molecule has 1 amide bonds. The van der Waals surface area contributed by atoms with E-state index in [4.69, 9.17) is 16.3 Å². The Morgan fingerprint density at radius 2 is 1.86 bits per heavy atom. The molecule has 1 aliphatic heterocycles. The molecular formula is C17H14ClNO3. The number of para-hydroxylation sites is 1. The van der Waals surface area contributed by atoms with Crippen molar-refractivity contribution in [2.75, 3.05) is 5.32 Å². The summed E-state index contributed by atoms with van der Waals surface area (Å²) in [7, 11) is 0. The standard InChI is InChI=1S/C17H14ClNO3/c1-17(16(21)19-14-9-5-4-8-13(14)18)10-11-6-2-3-7-12(11)15(20)22-17/h2-9H,10H2,1H3,(H,19,21)/t17-/m1/s1. The first kappa shape index (κ1) is 14.6. The van der Waals surface area contributed by atoms with Gasteiger partial charge >= 0.3 is 5.97 Å². The third-order valence-electron chi connectivity index (χ3n) is 3.69. The second kappa shape index (κ2) is 5.46. The lowest BCUT2D eigenvalue weighted by molar-refractivity contribution is -0.134. The van der Waals surface area contributed by atoms with Gasteiger partial charge in [-0.3, -0.25) is 4.79 Å². The summed E-state index contributed by atoms with van der Waals surface area (Å²) in [6.45, 7) is 1.60. The van der Waals surface area contributed by atoms with Crippen LogP contribution in [0.4, 0.5) is 5.69 Å². The molecule has 2 aromatic rings. The van der Waals surface area contributed by atoms with E-state index in [1.807, 2.05) is 12.1 Å². The minimum absolute atomic E-state index is 0.325. The molecule has 2 aromatic carbocycles. The van der Waals surface area contributed by atoms with Gasteiger partial charge in [0.2, 0.25) is 0 Å². The molecule has 22 heavy (non-hydrogen) atoms. The van der Waals surface area contributed by atoms with Crippen LogP contribution in [0.5, 0.6) is 0 Å². The predicted molar refractivity (Wildman–Crippen MR) is 84.0 cm³/mol. The van der Waals surface area contributed by atoms with Crippen LogP contribution in [0.3, 0.4) is 0 Å². The SMILES string of the molecule is C[C@]1(C(=O)Nc2ccccc2Cl)Cc2ccccc2C(=O)O1. The van der Waals surface area contributed by atoms with Crippen molar-refractivity contribution in [1.29, 1.82) is 0 Å². The van der Waals surface area contributed by atoms with Crippen molar-refractivity contribution in [1.82, 2.24) is 0 Å². The molecule has 0 fully saturated rings. The first-order valence-electron chi connectivity index (χ1n) is 6.87. The van der Waals surface area contributed by atoms with E-state index >= 15 is 0 Å². The van der Waals surface area contributed by atoms with Crippen LogP contribution in [0.2, 0.25) is 5.02 Å². The molecular weight excluding hydrogens is 302 g/mol. The zero-order chi connectivity index (χ0) is 15.7. The van der Waals surface area contributed by atoms with E-state index in [0.29, 0.717) is 22.7 Å². The maximum Gasteiger partial charge on any atom is 0.339 e. The van der Waals surface area contributed by atoms with Gasteiger partial charge in [-0.1, -0.05) is 41.9 Å². The second-order valence-electron chi connectivity index (χ2n) is 5.39. The molecule has 0 aliphatic carbocycles. The predicted octanol–water partition coefficient (Wildman–Crippen LogP) is 3.45. The van der Waals surface area contributed by atoms with Crippen molar-refractivity contribution in [3.63, 3.8) is 0 Å². The number of fused-ring (bicyclic) bond motifs is 1. The summed E-state index contributed by atoms with van der Waals surface area (Å²) in [6, 6.07) is 14.1. The van der Waals surface area contributed by atoms with Gasteiger partial charge < -0.3 is 10.1 Å². The number of hydrogen-bond acceptors (Lipinski definition) is 3. The van der Waals surface area contributed by atoms with Crippen LogP contribution in [0.1, 0.15) is 22.8 Å².